The number of carboxylic acids is 1. The average molecular weight is 397 g/mol. The van der Waals surface area contributed by atoms with Crippen molar-refractivity contribution in [1.29, 1.82) is 0 Å². The quantitative estimate of drug-likeness (QED) is 0.467. The van der Waals surface area contributed by atoms with Crippen molar-refractivity contribution in [3.8, 4) is 11.1 Å². The van der Waals surface area contributed by atoms with E-state index in [0.717, 1.165) is 51.5 Å². The summed E-state index contributed by atoms with van der Waals surface area (Å²) in [5.74, 6) is -1.13. The smallest absolute Gasteiger partial charge is 0.545 e. The second kappa shape index (κ2) is 7.24. The molecule has 0 atom stereocenters. The van der Waals surface area contributed by atoms with Crippen LogP contribution in [-0.4, -0.2) is 20.6 Å². The van der Waals surface area contributed by atoms with Gasteiger partial charge in [0.1, 0.15) is 0 Å². The van der Waals surface area contributed by atoms with Crippen molar-refractivity contribution in [3.63, 3.8) is 0 Å². The van der Waals surface area contributed by atoms with Gasteiger partial charge >= 0.3 is 51.4 Å². The molecule has 0 spiro atoms. The van der Waals surface area contributed by atoms with Gasteiger partial charge in [-0.1, -0.05) is 12.1 Å². The van der Waals surface area contributed by atoms with Gasteiger partial charge in [-0.25, -0.2) is 0 Å². The van der Waals surface area contributed by atoms with E-state index in [9.17, 15) is 14.7 Å². The van der Waals surface area contributed by atoms with E-state index in [1.54, 1.807) is 12.4 Å². The minimum atomic E-state index is -1.43. The predicted octanol–water partition coefficient (Wildman–Crippen LogP) is -0.604. The fourth-order valence-electron chi connectivity index (χ4n) is 3.87. The van der Waals surface area contributed by atoms with Gasteiger partial charge in [0.05, 0.1) is 28.8 Å². The summed E-state index contributed by atoms with van der Waals surface area (Å²) in [7, 11) is 0. The molecule has 1 aliphatic carbocycles. The SMILES string of the molecule is Cc1c(-c2ccc3cn[nH]c3c2)ccn2c(=O)c(C(=O)[O-])cc(C3CC3)c12.[K+]. The summed E-state index contributed by atoms with van der Waals surface area (Å²) in [6.45, 7) is 1.98. The second-order valence-corrected chi connectivity index (χ2v) is 7.13. The van der Waals surface area contributed by atoms with Crippen LogP contribution >= 0.6 is 0 Å². The van der Waals surface area contributed by atoms with E-state index >= 15 is 0 Å². The molecule has 1 fully saturated rings. The van der Waals surface area contributed by atoms with Gasteiger partial charge in [0.25, 0.3) is 5.56 Å². The topological polar surface area (TPSA) is 90.3 Å². The molecular formula is C21H16KN3O3. The van der Waals surface area contributed by atoms with Crippen LogP contribution in [0.25, 0.3) is 27.5 Å². The molecule has 0 amide bonds. The van der Waals surface area contributed by atoms with E-state index in [-0.39, 0.29) is 56.9 Å². The summed E-state index contributed by atoms with van der Waals surface area (Å²) in [6, 6.07) is 9.44. The molecule has 0 aliphatic heterocycles. The number of nitrogens with one attached hydrogen (secondary N) is 1. The van der Waals surface area contributed by atoms with Crippen LogP contribution in [0.5, 0.6) is 0 Å². The standard InChI is InChI=1S/C21H17N3O3.K/c1-11-15(13-4-5-14-10-22-23-18(14)8-13)6-7-24-19(11)16(12-2-3-12)9-17(20(24)25)21(26)27;/h4-10,12H,2-3H2,1H3,(H,22,23)(H,26,27);/q;+1/p-1. The number of carboxylic acid groups (broad SMARTS) is 1. The molecule has 0 unspecified atom stereocenters. The molecule has 0 radical (unpaired) electrons. The molecule has 5 rings (SSSR count). The first-order valence-corrected chi connectivity index (χ1v) is 8.88. The van der Waals surface area contributed by atoms with Crippen molar-refractivity contribution in [2.45, 2.75) is 25.7 Å². The molecule has 1 saturated carbocycles. The summed E-state index contributed by atoms with van der Waals surface area (Å²) in [5.41, 5.74) is 4.82. The number of aromatic amines is 1. The summed E-state index contributed by atoms with van der Waals surface area (Å²) >= 11 is 0. The number of pyridine rings is 2. The van der Waals surface area contributed by atoms with Crippen LogP contribution in [0.1, 0.15) is 40.2 Å². The first-order chi connectivity index (χ1) is 13.0. The van der Waals surface area contributed by atoms with E-state index in [2.05, 4.69) is 10.2 Å². The molecule has 0 saturated heterocycles. The molecule has 134 valence electrons. The zero-order valence-electron chi connectivity index (χ0n) is 15.7. The van der Waals surface area contributed by atoms with Crippen molar-refractivity contribution in [1.82, 2.24) is 14.6 Å². The molecule has 6 nitrogen and oxygen atoms in total. The minimum absolute atomic E-state index is 0. The van der Waals surface area contributed by atoms with Crippen LogP contribution in [0.4, 0.5) is 0 Å². The van der Waals surface area contributed by atoms with Crippen molar-refractivity contribution in [3.05, 3.63) is 69.8 Å². The fourth-order valence-corrected chi connectivity index (χ4v) is 3.87. The van der Waals surface area contributed by atoms with Crippen molar-refractivity contribution in [2.24, 2.45) is 0 Å². The van der Waals surface area contributed by atoms with Crippen LogP contribution in [0.15, 0.2) is 47.5 Å². The van der Waals surface area contributed by atoms with Crippen LogP contribution in [0.2, 0.25) is 0 Å². The number of hydrogen-bond acceptors (Lipinski definition) is 4. The molecular weight excluding hydrogens is 381 g/mol. The molecule has 1 N–H and O–H groups in total. The molecule has 1 aliphatic rings. The number of aromatic nitrogens is 3. The second-order valence-electron chi connectivity index (χ2n) is 7.13. The van der Waals surface area contributed by atoms with Crippen molar-refractivity contribution >= 4 is 22.4 Å². The van der Waals surface area contributed by atoms with Crippen molar-refractivity contribution in [2.75, 3.05) is 0 Å². The molecule has 1 aromatic carbocycles. The average Bonchev–Trinajstić information content (AvgIpc) is 3.39. The number of aryl methyl sites for hydroxylation is 1. The Kier molecular flexibility index (Phi) is 5.05. The number of fused-ring (bicyclic) bond motifs is 2. The fraction of sp³-hybridized carbons (Fsp3) is 0.190. The van der Waals surface area contributed by atoms with Gasteiger partial charge in [0.2, 0.25) is 0 Å². The Morgan fingerprint density at radius 3 is 2.75 bits per heavy atom. The maximum atomic E-state index is 12.6. The van der Waals surface area contributed by atoms with Gasteiger partial charge in [-0.15, -0.1) is 0 Å². The van der Waals surface area contributed by atoms with Gasteiger partial charge < -0.3 is 9.90 Å². The third kappa shape index (κ3) is 3.07. The minimum Gasteiger partial charge on any atom is -0.545 e. The van der Waals surface area contributed by atoms with Gasteiger partial charge in [-0.2, -0.15) is 5.10 Å². The van der Waals surface area contributed by atoms with Gasteiger partial charge in [-0.3, -0.25) is 14.3 Å². The van der Waals surface area contributed by atoms with E-state index in [4.69, 9.17) is 0 Å². The number of benzene rings is 1. The van der Waals surface area contributed by atoms with E-state index in [1.165, 1.54) is 10.5 Å². The summed E-state index contributed by atoms with van der Waals surface area (Å²) in [6.07, 6.45) is 5.45. The van der Waals surface area contributed by atoms with Crippen molar-refractivity contribution < 1.29 is 61.3 Å². The largest absolute Gasteiger partial charge is 1.00 e. The first kappa shape index (κ1) is 19.5. The Morgan fingerprint density at radius 2 is 2.04 bits per heavy atom. The molecule has 7 heteroatoms. The monoisotopic (exact) mass is 397 g/mol. The van der Waals surface area contributed by atoms with Gasteiger partial charge in [0, 0.05) is 11.6 Å². The third-order valence-corrected chi connectivity index (χ3v) is 5.40. The van der Waals surface area contributed by atoms with Crippen LogP contribution in [0, 0.1) is 6.92 Å². The first-order valence-electron chi connectivity index (χ1n) is 8.88. The zero-order valence-corrected chi connectivity index (χ0v) is 18.8. The number of rotatable bonds is 3. The number of hydrogen-bond donors (Lipinski definition) is 1. The van der Waals surface area contributed by atoms with Gasteiger partial charge in [-0.05, 0) is 66.1 Å². The normalized spacial score (nSPS) is 13.6. The summed E-state index contributed by atoms with van der Waals surface area (Å²) < 4.78 is 1.45. The number of H-pyrrole nitrogens is 1. The number of aromatic carboxylic acids is 1. The molecule has 4 aromatic rings. The number of nitrogens with zero attached hydrogens (tertiary/aromatic N) is 2. The summed E-state index contributed by atoms with van der Waals surface area (Å²) in [4.78, 5) is 24.0. The molecule has 3 heterocycles. The van der Waals surface area contributed by atoms with E-state index in [0.29, 0.717) is 5.92 Å². The Morgan fingerprint density at radius 1 is 1.25 bits per heavy atom. The van der Waals surface area contributed by atoms with Crippen LogP contribution in [-0.2, 0) is 0 Å². The Hall–Kier alpha value is -1.77. The van der Waals surface area contributed by atoms with Gasteiger partial charge in [0.15, 0.2) is 0 Å². The third-order valence-electron chi connectivity index (χ3n) is 5.40. The molecule has 0 bridgehead atoms. The van der Waals surface area contributed by atoms with Crippen LogP contribution < -0.4 is 62.1 Å². The maximum Gasteiger partial charge on any atom is 1.00 e. The maximum absolute atomic E-state index is 12.6. The zero-order chi connectivity index (χ0) is 18.7. The number of carbonyl (C=O) groups excluding carboxylic acids is 1. The Balaban J connectivity index is 0.00000192. The van der Waals surface area contributed by atoms with Crippen LogP contribution in [0.3, 0.4) is 0 Å². The Labute approximate surface area is 203 Å². The van der Waals surface area contributed by atoms with E-state index in [1.807, 2.05) is 31.2 Å². The molecule has 3 aromatic heterocycles. The summed E-state index contributed by atoms with van der Waals surface area (Å²) in [5, 5.41) is 19.5. The Bertz CT molecular complexity index is 1300. The number of carbonyl (C=O) groups is 1. The molecule has 28 heavy (non-hydrogen) atoms. The van der Waals surface area contributed by atoms with E-state index < -0.39 is 11.5 Å². The predicted molar refractivity (Wildman–Crippen MR) is 99.8 cm³/mol.